The zero-order valence-corrected chi connectivity index (χ0v) is 18.3. The summed E-state index contributed by atoms with van der Waals surface area (Å²) >= 11 is 0. The minimum absolute atomic E-state index is 0.214. The Morgan fingerprint density at radius 2 is 1.72 bits per heavy atom. The highest BCUT2D eigenvalue weighted by Gasteiger charge is 2.37. The number of alkyl carbamates (subject to hydrolysis) is 1. The Bertz CT molecular complexity index is 692. The van der Waals surface area contributed by atoms with Crippen LogP contribution in [0.4, 0.5) is 9.18 Å². The van der Waals surface area contributed by atoms with Crippen molar-refractivity contribution in [2.75, 3.05) is 13.1 Å². The lowest BCUT2D eigenvalue weighted by atomic mass is 10.0. The zero-order chi connectivity index (χ0) is 21.7. The molecule has 0 saturated carbocycles. The molecule has 0 aliphatic carbocycles. The van der Waals surface area contributed by atoms with Crippen molar-refractivity contribution in [3.05, 3.63) is 35.6 Å². The normalized spacial score (nSPS) is 17.1. The number of nitrogens with zero attached hydrogens (tertiary/aromatic N) is 1. The Morgan fingerprint density at radius 3 is 2.24 bits per heavy atom. The van der Waals surface area contributed by atoms with Gasteiger partial charge in [-0.15, -0.1) is 0 Å². The van der Waals surface area contributed by atoms with Crippen LogP contribution in [0.5, 0.6) is 0 Å². The van der Waals surface area contributed by atoms with Crippen LogP contribution in [-0.2, 0) is 16.1 Å². The van der Waals surface area contributed by atoms with Gasteiger partial charge < -0.3 is 10.1 Å². The Balaban J connectivity index is 2.11. The van der Waals surface area contributed by atoms with E-state index in [-0.39, 0.29) is 17.6 Å². The topological polar surface area (TPSA) is 67.4 Å². The van der Waals surface area contributed by atoms with E-state index in [1.807, 2.05) is 13.8 Å². The van der Waals surface area contributed by atoms with Gasteiger partial charge in [-0.1, -0.05) is 26.0 Å². The number of carbonyl (C=O) groups is 2. The van der Waals surface area contributed by atoms with Crippen LogP contribution in [0, 0.1) is 11.7 Å². The summed E-state index contributed by atoms with van der Waals surface area (Å²) in [7, 11) is 0. The summed E-state index contributed by atoms with van der Waals surface area (Å²) < 4.78 is 19.0. The van der Waals surface area contributed by atoms with Crippen LogP contribution in [0.2, 0.25) is 0 Å². The zero-order valence-electron chi connectivity index (χ0n) is 18.3. The van der Waals surface area contributed by atoms with Gasteiger partial charge in [0.1, 0.15) is 37.1 Å². The molecule has 2 rings (SSSR count). The van der Waals surface area contributed by atoms with Crippen molar-refractivity contribution in [2.24, 2.45) is 5.92 Å². The molecule has 1 aromatic rings. The number of nitrogens with one attached hydrogen (secondary N) is 2. The molecule has 1 aromatic carbocycles. The summed E-state index contributed by atoms with van der Waals surface area (Å²) in [5.41, 5.74) is 3.50. The number of benzene rings is 1. The van der Waals surface area contributed by atoms with Gasteiger partial charge in [0, 0.05) is 18.4 Å². The quantitative estimate of drug-likeness (QED) is 0.672. The summed E-state index contributed by atoms with van der Waals surface area (Å²) in [6.07, 6.45) is 1.94. The fourth-order valence-electron chi connectivity index (χ4n) is 3.65. The van der Waals surface area contributed by atoms with Crippen molar-refractivity contribution in [3.63, 3.8) is 0 Å². The number of amides is 2. The molecule has 1 heterocycles. The summed E-state index contributed by atoms with van der Waals surface area (Å²) in [6.45, 7) is 11.6. The molecule has 0 unspecified atom stereocenters. The SMILES string of the molecule is CC(C)C[C@H](NC(=O)OC(C)(C)C)C(=O)N[N+]1(Cc2ccc(F)cc2)CCCC1. The lowest BCUT2D eigenvalue weighted by molar-refractivity contribution is -0.963. The van der Waals surface area contributed by atoms with Gasteiger partial charge in [0.2, 0.25) is 0 Å². The number of hydrogen-bond acceptors (Lipinski definition) is 3. The van der Waals surface area contributed by atoms with E-state index in [4.69, 9.17) is 4.74 Å². The molecule has 7 heteroatoms. The highest BCUT2D eigenvalue weighted by atomic mass is 19.1. The van der Waals surface area contributed by atoms with E-state index in [1.54, 1.807) is 32.9 Å². The van der Waals surface area contributed by atoms with Gasteiger partial charge in [0.05, 0.1) is 0 Å². The number of likely N-dealkylation sites (tertiary alicyclic amines) is 1. The molecule has 2 amide bonds. The highest BCUT2D eigenvalue weighted by Crippen LogP contribution is 2.22. The van der Waals surface area contributed by atoms with Gasteiger partial charge in [0.25, 0.3) is 5.91 Å². The predicted molar refractivity (Wildman–Crippen MR) is 110 cm³/mol. The molecule has 6 nitrogen and oxygen atoms in total. The van der Waals surface area contributed by atoms with Crippen LogP contribution in [0.3, 0.4) is 0 Å². The standard InChI is InChI=1S/C22H34FN3O3/c1-16(2)14-19(24-21(28)29-22(3,4)5)20(27)25-26(12-6-7-13-26)15-17-8-10-18(23)11-9-17/h8-11,16,19H,6-7,12-15H2,1-5H3,(H-,24,25,27,28)/p+1/t19-/m0/s1. The van der Waals surface area contributed by atoms with Gasteiger partial charge in [-0.3, -0.25) is 4.79 Å². The van der Waals surface area contributed by atoms with E-state index in [0.717, 1.165) is 31.5 Å². The van der Waals surface area contributed by atoms with E-state index < -0.39 is 17.7 Å². The molecule has 162 valence electrons. The minimum Gasteiger partial charge on any atom is -0.444 e. The first-order chi connectivity index (χ1) is 13.5. The van der Waals surface area contributed by atoms with E-state index >= 15 is 0 Å². The molecule has 1 aliphatic rings. The number of halogens is 1. The average Bonchev–Trinajstić information content (AvgIpc) is 3.02. The van der Waals surface area contributed by atoms with Crippen molar-refractivity contribution >= 4 is 12.0 Å². The van der Waals surface area contributed by atoms with Crippen LogP contribution >= 0.6 is 0 Å². The predicted octanol–water partition coefficient (Wildman–Crippen LogP) is 3.91. The lowest BCUT2D eigenvalue weighted by Crippen LogP contribution is -2.62. The lowest BCUT2D eigenvalue weighted by Gasteiger charge is -2.35. The molecule has 1 fully saturated rings. The highest BCUT2D eigenvalue weighted by molar-refractivity contribution is 5.84. The number of quaternary nitrogens is 1. The van der Waals surface area contributed by atoms with Crippen molar-refractivity contribution < 1.29 is 23.3 Å². The third-order valence-electron chi connectivity index (χ3n) is 4.88. The number of hydrogen-bond donors (Lipinski definition) is 2. The molecule has 0 radical (unpaired) electrons. The smallest absolute Gasteiger partial charge is 0.408 e. The van der Waals surface area contributed by atoms with Gasteiger partial charge in [-0.2, -0.15) is 5.43 Å². The first kappa shape index (κ1) is 23.1. The second-order valence-electron chi connectivity index (χ2n) is 9.39. The van der Waals surface area contributed by atoms with Gasteiger partial charge in [-0.25, -0.2) is 13.8 Å². The van der Waals surface area contributed by atoms with Gasteiger partial charge in [-0.05, 0) is 45.2 Å². The van der Waals surface area contributed by atoms with Crippen molar-refractivity contribution in [3.8, 4) is 0 Å². The third-order valence-corrected chi connectivity index (χ3v) is 4.88. The van der Waals surface area contributed by atoms with Crippen LogP contribution in [0.15, 0.2) is 24.3 Å². The van der Waals surface area contributed by atoms with Crippen LogP contribution in [-0.4, -0.2) is 41.3 Å². The fraction of sp³-hybridized carbons (Fsp3) is 0.636. The van der Waals surface area contributed by atoms with Gasteiger partial charge >= 0.3 is 6.09 Å². The molecule has 0 spiro atoms. The monoisotopic (exact) mass is 408 g/mol. The maximum atomic E-state index is 13.2. The number of rotatable bonds is 7. The number of carbonyl (C=O) groups excluding carboxylic acids is 2. The minimum atomic E-state index is -0.673. The largest absolute Gasteiger partial charge is 0.444 e. The van der Waals surface area contributed by atoms with E-state index in [0.29, 0.717) is 17.6 Å². The number of ether oxygens (including phenoxy) is 1. The summed E-state index contributed by atoms with van der Waals surface area (Å²) in [5.74, 6) is -0.261. The Kier molecular flexibility index (Phi) is 7.63. The maximum Gasteiger partial charge on any atom is 0.408 e. The van der Waals surface area contributed by atoms with Crippen molar-refractivity contribution in [1.82, 2.24) is 10.7 Å². The average molecular weight is 409 g/mol. The van der Waals surface area contributed by atoms with E-state index in [1.165, 1.54) is 12.1 Å². The molecule has 0 aromatic heterocycles. The third kappa shape index (κ3) is 7.65. The van der Waals surface area contributed by atoms with E-state index in [9.17, 15) is 14.0 Å². The molecule has 2 N–H and O–H groups in total. The molecule has 1 atom stereocenters. The van der Waals surface area contributed by atoms with Crippen molar-refractivity contribution in [1.29, 1.82) is 0 Å². The second-order valence-corrected chi connectivity index (χ2v) is 9.39. The Morgan fingerprint density at radius 1 is 1.14 bits per heavy atom. The Hall–Kier alpha value is -2.15. The first-order valence-corrected chi connectivity index (χ1v) is 10.4. The maximum absolute atomic E-state index is 13.2. The molecule has 0 bridgehead atoms. The van der Waals surface area contributed by atoms with Crippen LogP contribution in [0.25, 0.3) is 0 Å². The summed E-state index contributed by atoms with van der Waals surface area (Å²) in [4.78, 5) is 25.4. The first-order valence-electron chi connectivity index (χ1n) is 10.4. The summed E-state index contributed by atoms with van der Waals surface area (Å²) in [5, 5.41) is 2.73. The molecule has 29 heavy (non-hydrogen) atoms. The molecule has 1 aliphatic heterocycles. The second kappa shape index (κ2) is 9.57. The van der Waals surface area contributed by atoms with Crippen LogP contribution < -0.4 is 10.7 Å². The Labute approximate surface area is 173 Å². The van der Waals surface area contributed by atoms with E-state index in [2.05, 4.69) is 10.7 Å². The molecular formula is C22H35FN3O3+. The van der Waals surface area contributed by atoms with Crippen molar-refractivity contribution in [2.45, 2.75) is 72.1 Å². The molecule has 1 saturated heterocycles. The van der Waals surface area contributed by atoms with Crippen LogP contribution in [0.1, 0.15) is 59.4 Å². The summed E-state index contributed by atoms with van der Waals surface area (Å²) in [6, 6.07) is 5.72. The fourth-order valence-corrected chi connectivity index (χ4v) is 3.65. The van der Waals surface area contributed by atoms with Gasteiger partial charge in [0.15, 0.2) is 0 Å². The molecular weight excluding hydrogens is 373 g/mol.